The summed E-state index contributed by atoms with van der Waals surface area (Å²) in [6.45, 7) is 0.129. The van der Waals surface area contributed by atoms with Gasteiger partial charge in [-0.05, 0) is 60.7 Å². The van der Waals surface area contributed by atoms with Crippen molar-refractivity contribution in [1.82, 2.24) is 8.61 Å². The van der Waals surface area contributed by atoms with Crippen LogP contribution in [0.4, 0.5) is 4.39 Å². The number of aryl methyl sites for hydroxylation is 2. The summed E-state index contributed by atoms with van der Waals surface area (Å²) in [5, 5.41) is -0.274. The predicted octanol–water partition coefficient (Wildman–Crippen LogP) is 2.66. The maximum atomic E-state index is 13.3. The lowest BCUT2D eigenvalue weighted by atomic mass is 10.1. The largest absolute Gasteiger partial charge is 0.243 e. The lowest BCUT2D eigenvalue weighted by Gasteiger charge is -2.33. The summed E-state index contributed by atoms with van der Waals surface area (Å²) >= 11 is 5.70. The summed E-state index contributed by atoms with van der Waals surface area (Å²) in [7, 11) is -7.57. The molecule has 0 spiro atoms. The van der Waals surface area contributed by atoms with Crippen LogP contribution < -0.4 is 0 Å². The van der Waals surface area contributed by atoms with Crippen molar-refractivity contribution in [2.45, 2.75) is 29.1 Å². The number of halogens is 2. The highest BCUT2D eigenvalue weighted by atomic mass is 35.5. The van der Waals surface area contributed by atoms with E-state index in [0.717, 1.165) is 43.0 Å². The molecule has 2 aliphatic rings. The van der Waals surface area contributed by atoms with Gasteiger partial charge in [-0.2, -0.15) is 8.61 Å². The van der Waals surface area contributed by atoms with Gasteiger partial charge in [-0.15, -0.1) is 0 Å². The fraction of sp³-hybridized carbons (Fsp3) is 0.368. The van der Waals surface area contributed by atoms with Crippen molar-refractivity contribution in [2.24, 2.45) is 0 Å². The second kappa shape index (κ2) is 7.63. The molecule has 1 heterocycles. The highest BCUT2D eigenvalue weighted by Gasteiger charge is 2.34. The first-order chi connectivity index (χ1) is 13.7. The van der Waals surface area contributed by atoms with E-state index in [1.54, 1.807) is 12.1 Å². The second-order valence-electron chi connectivity index (χ2n) is 7.17. The summed E-state index contributed by atoms with van der Waals surface area (Å²) in [6.07, 6.45) is 2.88. The molecule has 0 radical (unpaired) electrons. The summed E-state index contributed by atoms with van der Waals surface area (Å²) in [6, 6.07) is 8.46. The van der Waals surface area contributed by atoms with Crippen LogP contribution in [-0.2, 0) is 32.9 Å². The van der Waals surface area contributed by atoms with Crippen LogP contribution in [0.3, 0.4) is 0 Å². The molecule has 2 aromatic rings. The quantitative estimate of drug-likeness (QED) is 0.706. The number of hydrogen-bond acceptors (Lipinski definition) is 4. The zero-order valence-electron chi connectivity index (χ0n) is 15.5. The van der Waals surface area contributed by atoms with Crippen LogP contribution >= 0.6 is 11.6 Å². The Morgan fingerprint density at radius 1 is 0.759 bits per heavy atom. The Morgan fingerprint density at radius 3 is 1.86 bits per heavy atom. The number of piperazine rings is 1. The molecule has 156 valence electrons. The highest BCUT2D eigenvalue weighted by Crippen LogP contribution is 2.28. The molecule has 10 heteroatoms. The van der Waals surface area contributed by atoms with Crippen LogP contribution in [0, 0.1) is 5.82 Å². The van der Waals surface area contributed by atoms with Gasteiger partial charge in [0.2, 0.25) is 20.0 Å². The third-order valence-electron chi connectivity index (χ3n) is 5.43. The molecule has 0 N–H and O–H groups in total. The molecule has 4 rings (SSSR count). The monoisotopic (exact) mass is 458 g/mol. The Morgan fingerprint density at radius 2 is 1.28 bits per heavy atom. The molecule has 6 nitrogen and oxygen atoms in total. The van der Waals surface area contributed by atoms with Crippen LogP contribution in [0.1, 0.15) is 17.5 Å². The first kappa shape index (κ1) is 20.7. The van der Waals surface area contributed by atoms with Gasteiger partial charge in [0.05, 0.1) is 14.8 Å². The number of nitrogens with zero attached hydrogens (tertiary/aromatic N) is 2. The van der Waals surface area contributed by atoms with Crippen LogP contribution in [0.5, 0.6) is 0 Å². The first-order valence-electron chi connectivity index (χ1n) is 9.27. The molecular weight excluding hydrogens is 439 g/mol. The van der Waals surface area contributed by atoms with E-state index in [1.807, 2.05) is 6.07 Å². The Labute approximate surface area is 175 Å². The van der Waals surface area contributed by atoms with Gasteiger partial charge >= 0.3 is 0 Å². The predicted molar refractivity (Wildman–Crippen MR) is 107 cm³/mol. The molecule has 1 fully saturated rings. The third kappa shape index (κ3) is 3.82. The van der Waals surface area contributed by atoms with Gasteiger partial charge in [0.25, 0.3) is 0 Å². The van der Waals surface area contributed by atoms with Gasteiger partial charge in [-0.1, -0.05) is 17.7 Å². The highest BCUT2D eigenvalue weighted by molar-refractivity contribution is 7.89. The minimum Gasteiger partial charge on any atom is -0.207 e. The van der Waals surface area contributed by atoms with Gasteiger partial charge in [0.1, 0.15) is 5.82 Å². The van der Waals surface area contributed by atoms with Gasteiger partial charge in [0, 0.05) is 26.2 Å². The molecule has 0 aromatic heterocycles. The number of hydrogen-bond donors (Lipinski definition) is 0. The smallest absolute Gasteiger partial charge is 0.207 e. The van der Waals surface area contributed by atoms with Gasteiger partial charge in [0.15, 0.2) is 0 Å². The van der Waals surface area contributed by atoms with E-state index in [-0.39, 0.29) is 41.0 Å². The van der Waals surface area contributed by atoms with Crippen molar-refractivity contribution in [3.63, 3.8) is 0 Å². The Balaban J connectivity index is 1.50. The number of benzene rings is 2. The molecule has 0 amide bonds. The van der Waals surface area contributed by atoms with E-state index in [0.29, 0.717) is 0 Å². The van der Waals surface area contributed by atoms with Crippen molar-refractivity contribution in [1.29, 1.82) is 0 Å². The fourth-order valence-electron chi connectivity index (χ4n) is 3.79. The summed E-state index contributed by atoms with van der Waals surface area (Å²) in [5.74, 6) is -0.698. The molecule has 2 aromatic carbocycles. The summed E-state index contributed by atoms with van der Waals surface area (Å²) in [5.41, 5.74) is 2.26. The Hall–Kier alpha value is -1.52. The van der Waals surface area contributed by atoms with Crippen LogP contribution in [-0.4, -0.2) is 51.6 Å². The normalized spacial score (nSPS) is 18.7. The number of rotatable bonds is 4. The van der Waals surface area contributed by atoms with E-state index in [1.165, 1.54) is 14.2 Å². The zero-order valence-corrected chi connectivity index (χ0v) is 17.9. The average Bonchev–Trinajstić information content (AvgIpc) is 3.18. The number of sulfonamides is 2. The molecule has 1 aliphatic carbocycles. The lowest BCUT2D eigenvalue weighted by molar-refractivity contribution is 0.273. The van der Waals surface area contributed by atoms with Crippen molar-refractivity contribution < 1.29 is 21.2 Å². The first-order valence-corrected chi connectivity index (χ1v) is 12.5. The van der Waals surface area contributed by atoms with E-state index >= 15 is 0 Å². The van der Waals surface area contributed by atoms with Crippen LogP contribution in [0.2, 0.25) is 5.02 Å². The molecule has 0 saturated carbocycles. The molecule has 0 atom stereocenters. The maximum absolute atomic E-state index is 13.3. The Kier molecular flexibility index (Phi) is 5.45. The van der Waals surface area contributed by atoms with Crippen LogP contribution in [0.25, 0.3) is 0 Å². The van der Waals surface area contributed by atoms with Crippen LogP contribution in [0.15, 0.2) is 46.2 Å². The maximum Gasteiger partial charge on any atom is 0.243 e. The van der Waals surface area contributed by atoms with Gasteiger partial charge in [-0.3, -0.25) is 0 Å². The minimum atomic E-state index is -3.88. The van der Waals surface area contributed by atoms with Crippen molar-refractivity contribution in [2.75, 3.05) is 26.2 Å². The standard InChI is InChI=1S/C19H20ClFN2O4S2/c20-18-13-17(6-7-19(18)21)29(26,27)23-10-8-22(9-11-23)28(24,25)16-5-4-14-2-1-3-15(14)12-16/h4-7,12-13H,1-3,8-11H2. The zero-order chi connectivity index (χ0) is 20.8. The average molecular weight is 459 g/mol. The van der Waals surface area contributed by atoms with Gasteiger partial charge < -0.3 is 0 Å². The number of fused-ring (bicyclic) bond motifs is 1. The van der Waals surface area contributed by atoms with Crippen molar-refractivity contribution in [3.05, 3.63) is 58.4 Å². The van der Waals surface area contributed by atoms with Crippen molar-refractivity contribution in [3.8, 4) is 0 Å². The Bertz CT molecular complexity index is 1160. The second-order valence-corrected chi connectivity index (χ2v) is 11.5. The molecule has 0 bridgehead atoms. The molecule has 1 aliphatic heterocycles. The van der Waals surface area contributed by atoms with Gasteiger partial charge in [-0.25, -0.2) is 21.2 Å². The fourth-order valence-corrected chi connectivity index (χ4v) is 6.96. The third-order valence-corrected chi connectivity index (χ3v) is 9.51. The molecule has 1 saturated heterocycles. The van der Waals surface area contributed by atoms with E-state index < -0.39 is 25.9 Å². The van der Waals surface area contributed by atoms with E-state index in [4.69, 9.17) is 11.6 Å². The summed E-state index contributed by atoms with van der Waals surface area (Å²) < 4.78 is 67.4. The molecule has 29 heavy (non-hydrogen) atoms. The van der Waals surface area contributed by atoms with E-state index in [2.05, 4.69) is 0 Å². The van der Waals surface area contributed by atoms with Crippen molar-refractivity contribution >= 4 is 31.6 Å². The SMILES string of the molecule is O=S(=O)(c1ccc(F)c(Cl)c1)N1CCN(S(=O)(=O)c2ccc3c(c2)CCC3)CC1. The lowest BCUT2D eigenvalue weighted by Crippen LogP contribution is -2.50. The molecule has 0 unspecified atom stereocenters. The van der Waals surface area contributed by atoms with E-state index in [9.17, 15) is 21.2 Å². The summed E-state index contributed by atoms with van der Waals surface area (Å²) in [4.78, 5) is 0.138. The topological polar surface area (TPSA) is 74.8 Å². The minimum absolute atomic E-state index is 0.0154. The molecular formula is C19H20ClFN2O4S2.